The third-order valence-corrected chi connectivity index (χ3v) is 3.22. The summed E-state index contributed by atoms with van der Waals surface area (Å²) >= 11 is 0. The lowest BCUT2D eigenvalue weighted by molar-refractivity contribution is 0.105. The zero-order chi connectivity index (χ0) is 13.8. The Labute approximate surface area is 113 Å². The molecule has 1 aromatic heterocycles. The van der Waals surface area contributed by atoms with E-state index in [9.17, 15) is 5.11 Å². The van der Waals surface area contributed by atoms with Crippen LogP contribution in [-0.4, -0.2) is 34.5 Å². The van der Waals surface area contributed by atoms with Gasteiger partial charge in [-0.1, -0.05) is 13.0 Å². The van der Waals surface area contributed by atoms with Crippen LogP contribution in [0.2, 0.25) is 0 Å². The van der Waals surface area contributed by atoms with Crippen LogP contribution in [0.4, 0.5) is 5.82 Å². The first-order chi connectivity index (χ1) is 9.13. The van der Waals surface area contributed by atoms with Gasteiger partial charge in [0.1, 0.15) is 5.82 Å². The summed E-state index contributed by atoms with van der Waals surface area (Å²) in [5, 5.41) is 22.3. The summed E-state index contributed by atoms with van der Waals surface area (Å²) in [5.41, 5.74) is 3.40. The van der Waals surface area contributed by atoms with Crippen LogP contribution >= 0.6 is 0 Å². The lowest BCUT2D eigenvalue weighted by Gasteiger charge is -2.12. The molecule has 2 rings (SSSR count). The highest BCUT2D eigenvalue weighted by Gasteiger charge is 2.06. The lowest BCUT2D eigenvalue weighted by atomic mass is 10.1. The van der Waals surface area contributed by atoms with E-state index >= 15 is 0 Å². The fourth-order valence-electron chi connectivity index (χ4n) is 2.04. The average Bonchev–Trinajstić information content (AvgIpc) is 2.44. The molecule has 0 aliphatic carbocycles. The highest BCUT2D eigenvalue weighted by Crippen LogP contribution is 2.21. The number of benzene rings is 1. The van der Waals surface area contributed by atoms with Crippen molar-refractivity contribution in [3.05, 3.63) is 35.4 Å². The molecule has 1 atom stereocenters. The van der Waals surface area contributed by atoms with E-state index in [4.69, 9.17) is 5.11 Å². The number of rotatable bonds is 5. The van der Waals surface area contributed by atoms with E-state index in [1.807, 2.05) is 12.1 Å². The summed E-state index contributed by atoms with van der Waals surface area (Å²) in [6.45, 7) is 4.23. The number of hydrogen-bond donors (Lipinski definition) is 3. The van der Waals surface area contributed by atoms with E-state index < -0.39 is 6.10 Å². The molecule has 2 aromatic rings. The number of aliphatic hydroxyl groups excluding tert-OH is 2. The number of aromatic nitrogens is 1. The van der Waals surface area contributed by atoms with Gasteiger partial charge in [-0.05, 0) is 42.7 Å². The Bertz CT molecular complexity index is 569. The maximum Gasteiger partial charge on any atom is 0.127 e. The van der Waals surface area contributed by atoms with E-state index in [-0.39, 0.29) is 6.61 Å². The number of aryl methyl sites for hydroxylation is 2. The number of fused-ring (bicyclic) bond motifs is 1. The summed E-state index contributed by atoms with van der Waals surface area (Å²) in [7, 11) is 0. The van der Waals surface area contributed by atoms with Crippen molar-refractivity contribution in [3.63, 3.8) is 0 Å². The van der Waals surface area contributed by atoms with E-state index in [0.29, 0.717) is 6.54 Å². The van der Waals surface area contributed by atoms with Crippen molar-refractivity contribution in [2.24, 2.45) is 0 Å². The highest BCUT2D eigenvalue weighted by molar-refractivity contribution is 5.84. The summed E-state index contributed by atoms with van der Waals surface area (Å²) in [6, 6.07) is 8.24. The minimum absolute atomic E-state index is 0.251. The van der Waals surface area contributed by atoms with Crippen LogP contribution in [0.15, 0.2) is 24.3 Å². The van der Waals surface area contributed by atoms with Crippen LogP contribution in [0.1, 0.15) is 18.1 Å². The molecule has 0 spiro atoms. The predicted octanol–water partition coefficient (Wildman–Crippen LogP) is 1.87. The molecule has 0 aliphatic rings. The van der Waals surface area contributed by atoms with E-state index in [0.717, 1.165) is 28.7 Å². The van der Waals surface area contributed by atoms with Crippen molar-refractivity contribution in [2.75, 3.05) is 18.5 Å². The van der Waals surface area contributed by atoms with E-state index in [1.165, 1.54) is 5.56 Å². The van der Waals surface area contributed by atoms with Gasteiger partial charge in [-0.25, -0.2) is 4.98 Å². The molecular weight excluding hydrogens is 240 g/mol. The molecule has 1 aromatic carbocycles. The molecule has 4 nitrogen and oxygen atoms in total. The van der Waals surface area contributed by atoms with Crippen LogP contribution < -0.4 is 5.32 Å². The molecule has 0 saturated heterocycles. The Balaban J connectivity index is 2.29. The zero-order valence-electron chi connectivity index (χ0n) is 11.3. The van der Waals surface area contributed by atoms with Gasteiger partial charge in [-0.15, -0.1) is 0 Å². The normalized spacial score (nSPS) is 12.6. The Kier molecular flexibility index (Phi) is 4.35. The smallest absolute Gasteiger partial charge is 0.127 e. The summed E-state index contributed by atoms with van der Waals surface area (Å²) < 4.78 is 0. The topological polar surface area (TPSA) is 65.4 Å². The predicted molar refractivity (Wildman–Crippen MR) is 77.4 cm³/mol. The zero-order valence-corrected chi connectivity index (χ0v) is 11.3. The van der Waals surface area contributed by atoms with Gasteiger partial charge in [-0.3, -0.25) is 0 Å². The molecule has 0 saturated carbocycles. The summed E-state index contributed by atoms with van der Waals surface area (Å²) in [5.74, 6) is 0.724. The van der Waals surface area contributed by atoms with Crippen LogP contribution in [0, 0.1) is 6.92 Å². The van der Waals surface area contributed by atoms with Gasteiger partial charge < -0.3 is 15.5 Å². The summed E-state index contributed by atoms with van der Waals surface area (Å²) in [6.07, 6.45) is 0.248. The molecule has 0 amide bonds. The van der Waals surface area contributed by atoms with Gasteiger partial charge in [0, 0.05) is 11.9 Å². The van der Waals surface area contributed by atoms with E-state index in [2.05, 4.69) is 36.3 Å². The highest BCUT2D eigenvalue weighted by atomic mass is 16.3. The minimum Gasteiger partial charge on any atom is -0.394 e. The van der Waals surface area contributed by atoms with Gasteiger partial charge in [0.15, 0.2) is 0 Å². The molecule has 0 radical (unpaired) electrons. The fraction of sp³-hybridized carbons (Fsp3) is 0.400. The molecule has 19 heavy (non-hydrogen) atoms. The molecule has 3 N–H and O–H groups in total. The Hall–Kier alpha value is -1.65. The maximum atomic E-state index is 9.33. The quantitative estimate of drug-likeness (QED) is 0.768. The molecule has 1 heterocycles. The average molecular weight is 260 g/mol. The molecule has 102 valence electrons. The van der Waals surface area contributed by atoms with Crippen molar-refractivity contribution < 1.29 is 10.2 Å². The first-order valence-electron chi connectivity index (χ1n) is 6.57. The van der Waals surface area contributed by atoms with Crippen molar-refractivity contribution in [1.29, 1.82) is 0 Å². The van der Waals surface area contributed by atoms with Crippen molar-refractivity contribution in [3.8, 4) is 0 Å². The Morgan fingerprint density at radius 1 is 1.32 bits per heavy atom. The monoisotopic (exact) mass is 260 g/mol. The first kappa shape index (κ1) is 13.8. The lowest BCUT2D eigenvalue weighted by Crippen LogP contribution is -2.23. The van der Waals surface area contributed by atoms with Gasteiger partial charge in [-0.2, -0.15) is 0 Å². The number of pyridine rings is 1. The largest absolute Gasteiger partial charge is 0.394 e. The molecule has 0 unspecified atom stereocenters. The van der Waals surface area contributed by atoms with Gasteiger partial charge >= 0.3 is 0 Å². The van der Waals surface area contributed by atoms with Crippen molar-refractivity contribution in [1.82, 2.24) is 4.98 Å². The molecule has 4 heteroatoms. The van der Waals surface area contributed by atoms with Gasteiger partial charge in [0.25, 0.3) is 0 Å². The standard InChI is InChI=1S/C15H20N2O2/c1-3-11-4-5-14-13(7-11)10(2)6-15(17-14)16-8-12(19)9-18/h4-7,12,18-19H,3,8-9H2,1-2H3,(H,16,17)/t12-/m0/s1. The SMILES string of the molecule is CCc1ccc2nc(NC[C@H](O)CO)cc(C)c2c1. The second-order valence-corrected chi connectivity index (χ2v) is 4.75. The molecular formula is C15H20N2O2. The molecule has 0 fully saturated rings. The third-order valence-electron chi connectivity index (χ3n) is 3.22. The van der Waals surface area contributed by atoms with Crippen LogP contribution in [0.3, 0.4) is 0 Å². The Morgan fingerprint density at radius 3 is 2.79 bits per heavy atom. The number of anilines is 1. The summed E-state index contributed by atoms with van der Waals surface area (Å²) in [4.78, 5) is 4.51. The molecule has 0 aliphatic heterocycles. The van der Waals surface area contributed by atoms with E-state index in [1.54, 1.807) is 0 Å². The second-order valence-electron chi connectivity index (χ2n) is 4.75. The van der Waals surface area contributed by atoms with Crippen molar-refractivity contribution in [2.45, 2.75) is 26.4 Å². The molecule has 0 bridgehead atoms. The van der Waals surface area contributed by atoms with Crippen LogP contribution in [-0.2, 0) is 6.42 Å². The number of hydrogen-bond acceptors (Lipinski definition) is 4. The van der Waals surface area contributed by atoms with Crippen LogP contribution in [0.25, 0.3) is 10.9 Å². The minimum atomic E-state index is -0.764. The van der Waals surface area contributed by atoms with Gasteiger partial charge in [0.05, 0.1) is 18.2 Å². The second kappa shape index (κ2) is 5.99. The number of aliphatic hydroxyl groups is 2. The van der Waals surface area contributed by atoms with Crippen LogP contribution in [0.5, 0.6) is 0 Å². The Morgan fingerprint density at radius 2 is 2.11 bits per heavy atom. The van der Waals surface area contributed by atoms with Crippen molar-refractivity contribution >= 4 is 16.7 Å². The number of nitrogens with zero attached hydrogens (tertiary/aromatic N) is 1. The maximum absolute atomic E-state index is 9.33. The fourth-order valence-corrected chi connectivity index (χ4v) is 2.04. The first-order valence-corrected chi connectivity index (χ1v) is 6.57. The third kappa shape index (κ3) is 3.22. The van der Waals surface area contributed by atoms with Gasteiger partial charge in [0.2, 0.25) is 0 Å². The number of nitrogens with one attached hydrogen (secondary N) is 1.